The molecule has 0 heterocycles. The lowest BCUT2D eigenvalue weighted by molar-refractivity contribution is -0.170. The van der Waals surface area contributed by atoms with Crippen LogP contribution in [0.3, 0.4) is 0 Å². The molecule has 0 saturated carbocycles. The Kier molecular flexibility index (Phi) is 6.03. The number of alkyl halides is 3. The SMILES string of the molecule is Cl.NN(C(=O)C(F)(F)F)c1c(Cl)cc(Cl)cc1Cl. The predicted octanol–water partition coefficient (Wildman–Crippen LogP) is 3.84. The summed E-state index contributed by atoms with van der Waals surface area (Å²) < 4.78 is 36.4. The standard InChI is InChI=1S/C8H4Cl3F3N2O.ClH/c9-3-1-4(10)6(5(11)2-3)16(15)7(17)8(12,13)14;/h1-2H,15H2;1H. The van der Waals surface area contributed by atoms with Gasteiger partial charge < -0.3 is 0 Å². The fourth-order valence-corrected chi connectivity index (χ4v) is 2.00. The summed E-state index contributed by atoms with van der Waals surface area (Å²) >= 11 is 16.8. The van der Waals surface area contributed by atoms with Gasteiger partial charge in [-0.1, -0.05) is 34.8 Å². The smallest absolute Gasteiger partial charge is 0.262 e. The van der Waals surface area contributed by atoms with Crippen LogP contribution in [0.5, 0.6) is 0 Å². The molecule has 1 aromatic rings. The molecule has 2 N–H and O–H groups in total. The van der Waals surface area contributed by atoms with E-state index in [-0.39, 0.29) is 32.5 Å². The monoisotopic (exact) mass is 342 g/mol. The van der Waals surface area contributed by atoms with E-state index >= 15 is 0 Å². The lowest BCUT2D eigenvalue weighted by atomic mass is 10.3. The van der Waals surface area contributed by atoms with Crippen molar-refractivity contribution in [3.8, 4) is 0 Å². The van der Waals surface area contributed by atoms with Gasteiger partial charge in [-0.05, 0) is 12.1 Å². The minimum absolute atomic E-state index is 0. The Hall–Kier alpha value is -0.400. The highest BCUT2D eigenvalue weighted by molar-refractivity contribution is 6.42. The van der Waals surface area contributed by atoms with Gasteiger partial charge in [-0.3, -0.25) is 4.79 Å². The van der Waals surface area contributed by atoms with Gasteiger partial charge in [0.25, 0.3) is 0 Å². The number of benzene rings is 1. The molecule has 0 aliphatic carbocycles. The average molecular weight is 344 g/mol. The van der Waals surface area contributed by atoms with Crippen molar-refractivity contribution in [2.75, 3.05) is 5.01 Å². The van der Waals surface area contributed by atoms with Gasteiger partial charge in [0.15, 0.2) is 0 Å². The third-order valence-corrected chi connectivity index (χ3v) is 2.48. The molecule has 1 amide bonds. The highest BCUT2D eigenvalue weighted by Gasteiger charge is 2.43. The van der Waals surface area contributed by atoms with Crippen molar-refractivity contribution in [2.24, 2.45) is 5.84 Å². The summed E-state index contributed by atoms with van der Waals surface area (Å²) in [5.41, 5.74) is -0.458. The molecule has 0 aliphatic rings. The number of hydrazine groups is 1. The molecule has 18 heavy (non-hydrogen) atoms. The molecule has 102 valence electrons. The fraction of sp³-hybridized carbons (Fsp3) is 0.125. The van der Waals surface area contributed by atoms with Gasteiger partial charge >= 0.3 is 12.1 Å². The zero-order chi connectivity index (χ0) is 13.4. The molecule has 0 aliphatic heterocycles. The summed E-state index contributed by atoms with van der Waals surface area (Å²) in [5, 5.41) is -0.581. The van der Waals surface area contributed by atoms with Crippen LogP contribution < -0.4 is 10.9 Å². The lowest BCUT2D eigenvalue weighted by Gasteiger charge is -2.20. The van der Waals surface area contributed by atoms with Crippen molar-refractivity contribution in [3.63, 3.8) is 0 Å². The highest BCUT2D eigenvalue weighted by atomic mass is 35.5. The number of nitrogens with two attached hydrogens (primary N) is 1. The van der Waals surface area contributed by atoms with Crippen molar-refractivity contribution < 1.29 is 18.0 Å². The third kappa shape index (κ3) is 3.80. The molecule has 0 atom stereocenters. The van der Waals surface area contributed by atoms with Crippen LogP contribution in [0.25, 0.3) is 0 Å². The summed E-state index contributed by atoms with van der Waals surface area (Å²) in [5.74, 6) is 2.74. The average Bonchev–Trinajstić information content (AvgIpc) is 2.13. The van der Waals surface area contributed by atoms with Crippen molar-refractivity contribution in [1.29, 1.82) is 0 Å². The maximum absolute atomic E-state index is 12.1. The lowest BCUT2D eigenvalue weighted by Crippen LogP contribution is -2.46. The first-order chi connectivity index (χ1) is 7.64. The van der Waals surface area contributed by atoms with E-state index in [9.17, 15) is 18.0 Å². The second kappa shape index (κ2) is 6.16. The number of halogens is 7. The number of anilines is 1. The number of nitrogens with zero attached hydrogens (tertiary/aromatic N) is 1. The Morgan fingerprint density at radius 2 is 1.56 bits per heavy atom. The number of rotatable bonds is 1. The Morgan fingerprint density at radius 1 is 1.17 bits per heavy atom. The van der Waals surface area contributed by atoms with E-state index in [1.54, 1.807) is 0 Å². The minimum atomic E-state index is -5.12. The predicted molar refractivity (Wildman–Crippen MR) is 66.4 cm³/mol. The quantitative estimate of drug-likeness (QED) is 0.478. The summed E-state index contributed by atoms with van der Waals surface area (Å²) in [4.78, 5) is 10.9. The maximum Gasteiger partial charge on any atom is 0.473 e. The van der Waals surface area contributed by atoms with E-state index in [2.05, 4.69) is 0 Å². The Labute approximate surface area is 121 Å². The largest absolute Gasteiger partial charge is 0.473 e. The molecule has 0 aromatic heterocycles. The number of carbonyl (C=O) groups is 1. The number of carbonyl (C=O) groups excluding carboxylic acids is 1. The van der Waals surface area contributed by atoms with Crippen molar-refractivity contribution in [3.05, 3.63) is 27.2 Å². The summed E-state index contributed by atoms with van der Waals surface area (Å²) in [6, 6.07) is 2.24. The van der Waals surface area contributed by atoms with Crippen molar-refractivity contribution >= 4 is 58.8 Å². The van der Waals surface area contributed by atoms with Crippen molar-refractivity contribution in [1.82, 2.24) is 0 Å². The van der Waals surface area contributed by atoms with Crippen LogP contribution in [0, 0.1) is 0 Å². The first-order valence-electron chi connectivity index (χ1n) is 3.95. The van der Waals surface area contributed by atoms with E-state index in [1.807, 2.05) is 0 Å². The molecule has 0 unspecified atom stereocenters. The normalized spacial score (nSPS) is 10.8. The van der Waals surface area contributed by atoms with E-state index < -0.39 is 17.8 Å². The Morgan fingerprint density at radius 3 is 1.89 bits per heavy atom. The zero-order valence-electron chi connectivity index (χ0n) is 8.26. The number of hydrogen-bond donors (Lipinski definition) is 1. The van der Waals surface area contributed by atoms with E-state index in [0.717, 1.165) is 12.1 Å². The molecular weight excluding hydrogens is 339 g/mol. The van der Waals surface area contributed by atoms with Crippen LogP contribution in [-0.2, 0) is 4.79 Å². The van der Waals surface area contributed by atoms with Gasteiger partial charge in [-0.25, -0.2) is 10.9 Å². The second-order valence-electron chi connectivity index (χ2n) is 2.89. The van der Waals surface area contributed by atoms with Gasteiger partial charge in [0.2, 0.25) is 0 Å². The van der Waals surface area contributed by atoms with E-state index in [1.165, 1.54) is 0 Å². The molecule has 0 radical (unpaired) electrons. The highest BCUT2D eigenvalue weighted by Crippen LogP contribution is 2.36. The van der Waals surface area contributed by atoms with Gasteiger partial charge in [-0.15, -0.1) is 12.4 Å². The molecule has 0 spiro atoms. The fourth-order valence-electron chi connectivity index (χ4n) is 1.00. The van der Waals surface area contributed by atoms with Gasteiger partial charge in [0.1, 0.15) is 0 Å². The molecule has 10 heteroatoms. The van der Waals surface area contributed by atoms with Crippen LogP contribution in [-0.4, -0.2) is 12.1 Å². The Balaban J connectivity index is 0.00000289. The molecule has 0 saturated heterocycles. The summed E-state index contributed by atoms with van der Waals surface area (Å²) in [7, 11) is 0. The number of hydrogen-bond acceptors (Lipinski definition) is 2. The second-order valence-corrected chi connectivity index (χ2v) is 4.14. The third-order valence-electron chi connectivity index (χ3n) is 1.68. The first kappa shape index (κ1) is 17.6. The first-order valence-corrected chi connectivity index (χ1v) is 5.08. The topological polar surface area (TPSA) is 46.3 Å². The van der Waals surface area contributed by atoms with E-state index in [4.69, 9.17) is 40.6 Å². The van der Waals surface area contributed by atoms with Crippen molar-refractivity contribution in [2.45, 2.75) is 6.18 Å². The maximum atomic E-state index is 12.1. The summed E-state index contributed by atoms with van der Waals surface area (Å²) in [6.07, 6.45) is -5.12. The van der Waals surface area contributed by atoms with Gasteiger partial charge in [0.05, 0.1) is 15.7 Å². The summed E-state index contributed by atoms with van der Waals surface area (Å²) in [6.45, 7) is 0. The van der Waals surface area contributed by atoms with Crippen LogP contribution >= 0.6 is 47.2 Å². The minimum Gasteiger partial charge on any atom is -0.262 e. The molecule has 0 bridgehead atoms. The zero-order valence-corrected chi connectivity index (χ0v) is 11.3. The molecule has 1 aromatic carbocycles. The Bertz CT molecular complexity index is 443. The molecule has 1 rings (SSSR count). The van der Waals surface area contributed by atoms with Gasteiger partial charge in [0, 0.05) is 5.02 Å². The van der Waals surface area contributed by atoms with Crippen LogP contribution in [0.15, 0.2) is 12.1 Å². The van der Waals surface area contributed by atoms with Gasteiger partial charge in [-0.2, -0.15) is 13.2 Å². The number of amides is 1. The van der Waals surface area contributed by atoms with Crippen LogP contribution in [0.1, 0.15) is 0 Å². The van der Waals surface area contributed by atoms with Crippen LogP contribution in [0.2, 0.25) is 15.1 Å². The van der Waals surface area contributed by atoms with Crippen LogP contribution in [0.4, 0.5) is 18.9 Å². The molecular formula is C8H5Cl4F3N2O. The van der Waals surface area contributed by atoms with E-state index in [0.29, 0.717) is 0 Å². The molecule has 0 fully saturated rings. The molecule has 3 nitrogen and oxygen atoms in total.